The molecule has 1 aliphatic rings. The largest absolute Gasteiger partial charge is 0.354 e. The molecule has 0 saturated carbocycles. The number of pyridine rings is 1. The summed E-state index contributed by atoms with van der Waals surface area (Å²) < 4.78 is 14.0. The van der Waals surface area contributed by atoms with Gasteiger partial charge in [0, 0.05) is 37.9 Å². The Morgan fingerprint density at radius 2 is 1.88 bits per heavy atom. The van der Waals surface area contributed by atoms with E-state index < -0.39 is 0 Å². The lowest BCUT2D eigenvalue weighted by Gasteiger charge is -2.20. The first-order valence-electron chi connectivity index (χ1n) is 11.5. The van der Waals surface area contributed by atoms with Crippen molar-refractivity contribution >= 4 is 11.8 Å². The summed E-state index contributed by atoms with van der Waals surface area (Å²) in [5.41, 5.74) is 2.80. The van der Waals surface area contributed by atoms with Gasteiger partial charge in [0.1, 0.15) is 23.5 Å². The number of hydrogen-bond donors (Lipinski definition) is 1. The highest BCUT2D eigenvalue weighted by Gasteiger charge is 2.23. The predicted molar refractivity (Wildman–Crippen MR) is 126 cm³/mol. The van der Waals surface area contributed by atoms with Crippen LogP contribution in [0.1, 0.15) is 57.2 Å². The molecular weight excluding hydrogens is 433 g/mol. The van der Waals surface area contributed by atoms with Crippen LogP contribution in [0, 0.1) is 11.7 Å². The van der Waals surface area contributed by atoms with Crippen molar-refractivity contribution in [2.75, 3.05) is 20.1 Å². The van der Waals surface area contributed by atoms with Gasteiger partial charge < -0.3 is 10.2 Å². The summed E-state index contributed by atoms with van der Waals surface area (Å²) in [5, 5.41) is 2.58. The molecule has 2 aromatic heterocycles. The number of aromatic nitrogens is 3. The van der Waals surface area contributed by atoms with Crippen molar-refractivity contribution in [1.82, 2.24) is 25.2 Å². The van der Waals surface area contributed by atoms with Gasteiger partial charge in [-0.1, -0.05) is 24.3 Å². The molecule has 1 saturated heterocycles. The van der Waals surface area contributed by atoms with Crippen molar-refractivity contribution < 1.29 is 14.0 Å². The molecule has 4 rings (SSSR count). The van der Waals surface area contributed by atoms with Crippen molar-refractivity contribution in [3.05, 3.63) is 89.0 Å². The minimum Gasteiger partial charge on any atom is -0.354 e. The van der Waals surface area contributed by atoms with E-state index in [9.17, 15) is 14.0 Å². The number of rotatable bonds is 6. The fourth-order valence-corrected chi connectivity index (χ4v) is 4.33. The first-order chi connectivity index (χ1) is 16.5. The molecule has 7 nitrogen and oxygen atoms in total. The van der Waals surface area contributed by atoms with Gasteiger partial charge in [0.2, 0.25) is 0 Å². The molecular formula is C26H28FN5O2. The van der Waals surface area contributed by atoms with Crippen LogP contribution in [0.2, 0.25) is 0 Å². The van der Waals surface area contributed by atoms with Crippen molar-refractivity contribution in [2.45, 2.75) is 32.1 Å². The van der Waals surface area contributed by atoms with Gasteiger partial charge in [-0.15, -0.1) is 0 Å². The zero-order valence-electron chi connectivity index (χ0n) is 19.2. The zero-order chi connectivity index (χ0) is 23.9. The fourth-order valence-electron chi connectivity index (χ4n) is 4.33. The quantitative estimate of drug-likeness (QED) is 0.608. The maximum absolute atomic E-state index is 14.0. The summed E-state index contributed by atoms with van der Waals surface area (Å²) in [6.45, 7) is 1.30. The van der Waals surface area contributed by atoms with Gasteiger partial charge in [-0.25, -0.2) is 19.3 Å². The summed E-state index contributed by atoms with van der Waals surface area (Å²) in [6.07, 6.45) is 5.21. The molecule has 1 aromatic carbocycles. The lowest BCUT2D eigenvalue weighted by Crippen LogP contribution is -2.32. The van der Waals surface area contributed by atoms with E-state index in [4.69, 9.17) is 0 Å². The Morgan fingerprint density at radius 3 is 2.71 bits per heavy atom. The first-order valence-corrected chi connectivity index (χ1v) is 11.5. The Balaban J connectivity index is 1.38. The second-order valence-corrected chi connectivity index (χ2v) is 8.55. The molecule has 3 aromatic rings. The van der Waals surface area contributed by atoms with Gasteiger partial charge >= 0.3 is 0 Å². The monoisotopic (exact) mass is 461 g/mol. The number of carbonyl (C=O) groups excluding carboxylic acids is 2. The number of carbonyl (C=O) groups is 2. The normalized spacial score (nSPS) is 16.1. The molecule has 3 heterocycles. The maximum Gasteiger partial charge on any atom is 0.272 e. The van der Waals surface area contributed by atoms with Gasteiger partial charge in [-0.05, 0) is 61.4 Å². The Morgan fingerprint density at radius 1 is 1.03 bits per heavy atom. The summed E-state index contributed by atoms with van der Waals surface area (Å²) in [5.74, 6) is -0.234. The van der Waals surface area contributed by atoms with Crippen molar-refractivity contribution in [3.8, 4) is 0 Å². The molecule has 0 aliphatic carbocycles. The lowest BCUT2D eigenvalue weighted by atomic mass is 9.95. The smallest absolute Gasteiger partial charge is 0.272 e. The van der Waals surface area contributed by atoms with Crippen LogP contribution >= 0.6 is 0 Å². The Bertz CT molecular complexity index is 1170. The third-order valence-electron chi connectivity index (χ3n) is 6.17. The lowest BCUT2D eigenvalue weighted by molar-refractivity contribution is 0.0753. The molecule has 34 heavy (non-hydrogen) atoms. The minimum absolute atomic E-state index is 0.0972. The highest BCUT2D eigenvalue weighted by Crippen LogP contribution is 2.22. The van der Waals surface area contributed by atoms with Crippen LogP contribution in [-0.2, 0) is 12.8 Å². The zero-order valence-corrected chi connectivity index (χ0v) is 19.2. The number of halogens is 1. The fraction of sp³-hybridized carbons (Fsp3) is 0.346. The van der Waals surface area contributed by atoms with Crippen molar-refractivity contribution in [2.24, 2.45) is 5.92 Å². The highest BCUT2D eigenvalue weighted by molar-refractivity contribution is 5.92. The predicted octanol–water partition coefficient (Wildman–Crippen LogP) is 3.45. The molecule has 1 N–H and O–H groups in total. The van der Waals surface area contributed by atoms with E-state index in [2.05, 4.69) is 20.3 Å². The van der Waals surface area contributed by atoms with Crippen LogP contribution < -0.4 is 5.32 Å². The molecule has 1 aliphatic heterocycles. The van der Waals surface area contributed by atoms with Crippen LogP contribution in [0.5, 0.6) is 0 Å². The highest BCUT2D eigenvalue weighted by atomic mass is 19.1. The molecule has 176 valence electrons. The molecule has 2 amide bonds. The minimum atomic E-state index is -0.272. The molecule has 0 spiro atoms. The molecule has 1 unspecified atom stereocenters. The van der Waals surface area contributed by atoms with Gasteiger partial charge in [0.25, 0.3) is 11.8 Å². The third-order valence-corrected chi connectivity index (χ3v) is 6.17. The standard InChI is InChI=1S/C26H28FN5O2/c1-28-25(33)24-16-21(29-17-30-24)14-18-6-5-12-32(13-11-18)26(34)23-10-4-8-20(31-23)15-19-7-2-3-9-22(19)27/h2-4,7-10,16-18H,5-6,11-15H2,1H3,(H,28,33). The topological polar surface area (TPSA) is 88.1 Å². The summed E-state index contributed by atoms with van der Waals surface area (Å²) in [7, 11) is 1.57. The number of nitrogens with zero attached hydrogens (tertiary/aromatic N) is 4. The van der Waals surface area contributed by atoms with E-state index in [1.54, 1.807) is 43.4 Å². The third kappa shape index (κ3) is 5.81. The van der Waals surface area contributed by atoms with Gasteiger partial charge in [-0.2, -0.15) is 0 Å². The van der Waals surface area contributed by atoms with E-state index in [1.165, 1.54) is 12.4 Å². The SMILES string of the molecule is CNC(=O)c1cc(CC2CCCN(C(=O)c3cccc(Cc4ccccc4F)n3)CC2)ncn1. The second kappa shape index (κ2) is 11.0. The number of benzene rings is 1. The van der Waals surface area contributed by atoms with Crippen molar-refractivity contribution in [3.63, 3.8) is 0 Å². The van der Waals surface area contributed by atoms with Crippen molar-refractivity contribution in [1.29, 1.82) is 0 Å². The van der Waals surface area contributed by atoms with E-state index in [0.717, 1.165) is 31.4 Å². The average Bonchev–Trinajstić information content (AvgIpc) is 3.10. The Labute approximate surface area is 198 Å². The van der Waals surface area contributed by atoms with Gasteiger partial charge in [0.15, 0.2) is 0 Å². The van der Waals surface area contributed by atoms with E-state index in [-0.39, 0.29) is 17.6 Å². The maximum atomic E-state index is 14.0. The number of hydrogen-bond acceptors (Lipinski definition) is 5. The van der Waals surface area contributed by atoms with Crippen LogP contribution in [0.3, 0.4) is 0 Å². The van der Waals surface area contributed by atoms with Gasteiger partial charge in [-0.3, -0.25) is 9.59 Å². The second-order valence-electron chi connectivity index (χ2n) is 8.55. The Hall–Kier alpha value is -3.68. The van der Waals surface area contributed by atoms with Crippen LogP contribution in [0.15, 0.2) is 54.9 Å². The number of amides is 2. The van der Waals surface area contributed by atoms with Crippen LogP contribution in [-0.4, -0.2) is 51.8 Å². The number of nitrogens with one attached hydrogen (secondary N) is 1. The van der Waals surface area contributed by atoms with E-state index in [0.29, 0.717) is 48.1 Å². The summed E-state index contributed by atoms with van der Waals surface area (Å²) >= 11 is 0. The number of likely N-dealkylation sites (tertiary alicyclic amines) is 1. The summed E-state index contributed by atoms with van der Waals surface area (Å²) in [4.78, 5) is 39.7. The molecule has 0 radical (unpaired) electrons. The van der Waals surface area contributed by atoms with E-state index in [1.807, 2.05) is 11.0 Å². The molecule has 1 fully saturated rings. The molecule has 8 heteroatoms. The molecule has 1 atom stereocenters. The Kier molecular flexibility index (Phi) is 7.57. The van der Waals surface area contributed by atoms with Gasteiger partial charge in [0.05, 0.1) is 0 Å². The first kappa shape index (κ1) is 23.5. The average molecular weight is 462 g/mol. The van der Waals surface area contributed by atoms with E-state index >= 15 is 0 Å². The molecule has 0 bridgehead atoms. The van der Waals surface area contributed by atoms with Crippen LogP contribution in [0.4, 0.5) is 4.39 Å². The summed E-state index contributed by atoms with van der Waals surface area (Å²) in [6, 6.07) is 13.7. The van der Waals surface area contributed by atoms with Crippen LogP contribution in [0.25, 0.3) is 0 Å².